The van der Waals surface area contributed by atoms with Gasteiger partial charge in [-0.2, -0.15) is 5.10 Å². The van der Waals surface area contributed by atoms with Crippen molar-refractivity contribution in [2.24, 2.45) is 7.05 Å². The van der Waals surface area contributed by atoms with Gasteiger partial charge in [0, 0.05) is 13.6 Å². The highest BCUT2D eigenvalue weighted by Gasteiger charge is 2.13. The van der Waals surface area contributed by atoms with Crippen LogP contribution in [0.5, 0.6) is 5.75 Å². The number of carbonyl (C=O) groups excluding carboxylic acids is 1. The lowest BCUT2D eigenvalue weighted by Gasteiger charge is -2.05. The topological polar surface area (TPSA) is 56.1 Å². The molecule has 0 spiro atoms. The molecule has 0 saturated heterocycles. The van der Waals surface area contributed by atoms with Crippen molar-refractivity contribution in [2.75, 3.05) is 13.7 Å². The lowest BCUT2D eigenvalue weighted by Crippen LogP contribution is -2.25. The number of hydrogen-bond donors (Lipinski definition) is 1. The molecule has 2 aromatic carbocycles. The van der Waals surface area contributed by atoms with Gasteiger partial charge in [0.05, 0.1) is 12.8 Å². The number of rotatable bonds is 8. The van der Waals surface area contributed by atoms with Crippen LogP contribution in [0.15, 0.2) is 54.6 Å². The first-order valence-electron chi connectivity index (χ1n) is 9.59. The predicted octanol–water partition coefficient (Wildman–Crippen LogP) is 4.16. The molecular formula is C23H27N3O2. The van der Waals surface area contributed by atoms with Crippen LogP contribution >= 0.6 is 0 Å². The highest BCUT2D eigenvalue weighted by atomic mass is 16.5. The van der Waals surface area contributed by atoms with Crippen molar-refractivity contribution >= 4 is 5.91 Å². The van der Waals surface area contributed by atoms with Gasteiger partial charge >= 0.3 is 0 Å². The Labute approximate surface area is 166 Å². The van der Waals surface area contributed by atoms with Crippen LogP contribution in [0.4, 0.5) is 0 Å². The Morgan fingerprint density at radius 2 is 1.79 bits per heavy atom. The van der Waals surface area contributed by atoms with E-state index in [1.54, 1.807) is 11.8 Å². The smallest absolute Gasteiger partial charge is 0.271 e. The van der Waals surface area contributed by atoms with Crippen LogP contribution in [0.2, 0.25) is 0 Å². The van der Waals surface area contributed by atoms with Gasteiger partial charge in [0.2, 0.25) is 0 Å². The molecule has 1 aromatic heterocycles. The fraction of sp³-hybridized carbons (Fsp3) is 0.304. The highest BCUT2D eigenvalue weighted by Crippen LogP contribution is 2.20. The van der Waals surface area contributed by atoms with Crippen LogP contribution in [-0.2, 0) is 13.5 Å². The third-order valence-corrected chi connectivity index (χ3v) is 4.80. The monoisotopic (exact) mass is 377 g/mol. The van der Waals surface area contributed by atoms with Crippen LogP contribution in [0.3, 0.4) is 0 Å². The van der Waals surface area contributed by atoms with Gasteiger partial charge in [-0.15, -0.1) is 0 Å². The molecule has 1 amide bonds. The molecule has 0 aliphatic heterocycles. The zero-order chi connectivity index (χ0) is 19.9. The first kappa shape index (κ1) is 19.7. The molecule has 0 atom stereocenters. The summed E-state index contributed by atoms with van der Waals surface area (Å²) in [6, 6.07) is 18.2. The molecule has 1 heterocycles. The van der Waals surface area contributed by atoms with E-state index >= 15 is 0 Å². The number of unbranched alkanes of at least 4 members (excludes halogenated alkanes) is 1. The number of hydrogen-bond acceptors (Lipinski definition) is 3. The van der Waals surface area contributed by atoms with E-state index in [0.717, 1.165) is 36.3 Å². The minimum atomic E-state index is -0.126. The zero-order valence-corrected chi connectivity index (χ0v) is 16.7. The van der Waals surface area contributed by atoms with E-state index in [2.05, 4.69) is 41.6 Å². The van der Waals surface area contributed by atoms with E-state index in [-0.39, 0.29) is 5.91 Å². The number of aromatic nitrogens is 2. The molecule has 0 unspecified atom stereocenters. The third kappa shape index (κ3) is 5.00. The van der Waals surface area contributed by atoms with Gasteiger partial charge in [-0.1, -0.05) is 42.0 Å². The Morgan fingerprint density at radius 3 is 2.46 bits per heavy atom. The first-order chi connectivity index (χ1) is 13.6. The minimum Gasteiger partial charge on any atom is -0.497 e. The average Bonchev–Trinajstić information content (AvgIpc) is 3.10. The Balaban J connectivity index is 1.47. The van der Waals surface area contributed by atoms with Gasteiger partial charge in [-0.05, 0) is 55.5 Å². The van der Waals surface area contributed by atoms with Crippen molar-refractivity contribution < 1.29 is 9.53 Å². The predicted molar refractivity (Wildman–Crippen MR) is 112 cm³/mol. The molecule has 146 valence electrons. The van der Waals surface area contributed by atoms with E-state index in [1.165, 1.54) is 11.1 Å². The summed E-state index contributed by atoms with van der Waals surface area (Å²) in [5.41, 5.74) is 4.93. The van der Waals surface area contributed by atoms with Crippen molar-refractivity contribution in [1.29, 1.82) is 0 Å². The number of aryl methyl sites for hydroxylation is 3. The second kappa shape index (κ2) is 9.22. The van der Waals surface area contributed by atoms with Gasteiger partial charge in [0.25, 0.3) is 5.91 Å². The third-order valence-electron chi connectivity index (χ3n) is 4.80. The first-order valence-corrected chi connectivity index (χ1v) is 9.59. The maximum atomic E-state index is 12.4. The summed E-state index contributed by atoms with van der Waals surface area (Å²) < 4.78 is 6.92. The normalized spacial score (nSPS) is 10.7. The van der Waals surface area contributed by atoms with Crippen LogP contribution in [0.25, 0.3) is 11.3 Å². The van der Waals surface area contributed by atoms with Gasteiger partial charge in [0.1, 0.15) is 5.75 Å². The maximum absolute atomic E-state index is 12.4. The van der Waals surface area contributed by atoms with Crippen molar-refractivity contribution in [3.8, 4) is 17.0 Å². The summed E-state index contributed by atoms with van der Waals surface area (Å²) in [6.07, 6.45) is 2.93. The van der Waals surface area contributed by atoms with Crippen LogP contribution in [0, 0.1) is 6.92 Å². The number of amides is 1. The molecule has 1 N–H and O–H groups in total. The summed E-state index contributed by atoms with van der Waals surface area (Å²) in [5.74, 6) is 0.745. The molecule has 5 heteroatoms. The van der Waals surface area contributed by atoms with Crippen molar-refractivity contribution in [3.05, 3.63) is 71.4 Å². The maximum Gasteiger partial charge on any atom is 0.271 e. The number of ether oxygens (including phenoxy) is 1. The zero-order valence-electron chi connectivity index (χ0n) is 16.7. The number of methoxy groups -OCH3 is 1. The Bertz CT molecular complexity index is 912. The van der Waals surface area contributed by atoms with Crippen molar-refractivity contribution in [3.63, 3.8) is 0 Å². The number of carbonyl (C=O) groups is 1. The van der Waals surface area contributed by atoms with Gasteiger partial charge in [0.15, 0.2) is 5.69 Å². The van der Waals surface area contributed by atoms with E-state index in [1.807, 2.05) is 37.4 Å². The van der Waals surface area contributed by atoms with Gasteiger partial charge < -0.3 is 10.1 Å². The lowest BCUT2D eigenvalue weighted by molar-refractivity contribution is 0.0947. The van der Waals surface area contributed by atoms with Gasteiger partial charge in [-0.3, -0.25) is 9.48 Å². The minimum absolute atomic E-state index is 0.126. The Hall–Kier alpha value is -3.08. The molecule has 3 aromatic rings. The molecule has 0 radical (unpaired) electrons. The molecule has 0 saturated carbocycles. The summed E-state index contributed by atoms with van der Waals surface area (Å²) in [6.45, 7) is 2.70. The molecule has 0 fully saturated rings. The summed E-state index contributed by atoms with van der Waals surface area (Å²) in [7, 11) is 3.53. The van der Waals surface area contributed by atoms with Crippen molar-refractivity contribution in [1.82, 2.24) is 15.1 Å². The standard InChI is InChI=1S/C23H27N3O2/c1-17-7-11-19(12-8-17)22-16-21(25-26(22)2)23(27)24-15-5-4-6-18-9-13-20(28-3)14-10-18/h7-14,16H,4-6,15H2,1-3H3,(H,24,27). The fourth-order valence-electron chi connectivity index (χ4n) is 3.11. The van der Waals surface area contributed by atoms with Crippen LogP contribution in [0.1, 0.15) is 34.5 Å². The van der Waals surface area contributed by atoms with E-state index < -0.39 is 0 Å². The average molecular weight is 377 g/mol. The Kier molecular flexibility index (Phi) is 6.48. The molecule has 0 bridgehead atoms. The lowest BCUT2D eigenvalue weighted by atomic mass is 10.1. The molecular weight excluding hydrogens is 350 g/mol. The summed E-state index contributed by atoms with van der Waals surface area (Å²) in [4.78, 5) is 12.4. The van der Waals surface area contributed by atoms with Crippen LogP contribution in [-0.4, -0.2) is 29.3 Å². The molecule has 5 nitrogen and oxygen atoms in total. The van der Waals surface area contributed by atoms with E-state index in [0.29, 0.717) is 12.2 Å². The number of benzene rings is 2. The Morgan fingerprint density at radius 1 is 1.07 bits per heavy atom. The van der Waals surface area contributed by atoms with E-state index in [4.69, 9.17) is 4.74 Å². The molecule has 0 aliphatic carbocycles. The van der Waals surface area contributed by atoms with Crippen molar-refractivity contribution in [2.45, 2.75) is 26.2 Å². The fourth-order valence-corrected chi connectivity index (χ4v) is 3.11. The quantitative estimate of drug-likeness (QED) is 0.600. The second-order valence-corrected chi connectivity index (χ2v) is 6.97. The largest absolute Gasteiger partial charge is 0.497 e. The molecule has 0 aliphatic rings. The second-order valence-electron chi connectivity index (χ2n) is 6.97. The molecule has 3 rings (SSSR count). The van der Waals surface area contributed by atoms with Gasteiger partial charge in [-0.25, -0.2) is 0 Å². The number of nitrogens with one attached hydrogen (secondary N) is 1. The summed E-state index contributed by atoms with van der Waals surface area (Å²) >= 11 is 0. The highest BCUT2D eigenvalue weighted by molar-refractivity contribution is 5.93. The summed E-state index contributed by atoms with van der Waals surface area (Å²) in [5, 5.41) is 7.33. The van der Waals surface area contributed by atoms with Crippen LogP contribution < -0.4 is 10.1 Å². The van der Waals surface area contributed by atoms with E-state index in [9.17, 15) is 4.79 Å². The number of nitrogens with zero attached hydrogens (tertiary/aromatic N) is 2. The molecule has 28 heavy (non-hydrogen) atoms. The SMILES string of the molecule is COc1ccc(CCCCNC(=O)c2cc(-c3ccc(C)cc3)n(C)n2)cc1.